The molecular weight excluding hydrogens is 739 g/mol. The second kappa shape index (κ2) is 12.4. The molecule has 0 N–H and O–H groups in total. The van der Waals surface area contributed by atoms with E-state index in [0.717, 1.165) is 60.3 Å². The highest BCUT2D eigenvalue weighted by atomic mass is 32.1. The van der Waals surface area contributed by atoms with E-state index in [1.165, 1.54) is 42.6 Å². The number of anilines is 3. The average Bonchev–Trinajstić information content (AvgIpc) is 3.84. The quantitative estimate of drug-likeness (QED) is 0.179. The largest absolute Gasteiger partial charge is 0.309 e. The van der Waals surface area contributed by atoms with E-state index in [-0.39, 0.29) is 0 Å². The Morgan fingerprint density at radius 1 is 0.407 bits per heavy atom. The number of hydrogen-bond donors (Lipinski definition) is 0. The summed E-state index contributed by atoms with van der Waals surface area (Å²) in [6, 6.07) is 67.3. The molecule has 13 rings (SSSR count). The van der Waals surface area contributed by atoms with Crippen LogP contribution in [0.25, 0.3) is 103 Å². The molecule has 274 valence electrons. The summed E-state index contributed by atoms with van der Waals surface area (Å²) in [5, 5.41) is 9.48. The third kappa shape index (κ3) is 4.81. The second-order valence-corrected chi connectivity index (χ2v) is 16.3. The first-order valence-corrected chi connectivity index (χ1v) is 20.7. The highest BCUT2D eigenvalue weighted by Gasteiger charge is 2.30. The first-order chi connectivity index (χ1) is 29.2. The third-order valence-corrected chi connectivity index (χ3v) is 13.2. The van der Waals surface area contributed by atoms with Crippen LogP contribution in [0.1, 0.15) is 0 Å². The van der Waals surface area contributed by atoms with Crippen LogP contribution in [0.5, 0.6) is 0 Å². The van der Waals surface area contributed by atoms with Gasteiger partial charge in [0.25, 0.3) is 0 Å². The van der Waals surface area contributed by atoms with Gasteiger partial charge in [0, 0.05) is 58.7 Å². The molecule has 0 aliphatic carbocycles. The predicted molar refractivity (Wildman–Crippen MR) is 247 cm³/mol. The number of benzene rings is 9. The van der Waals surface area contributed by atoms with Crippen LogP contribution in [-0.4, -0.2) is 19.5 Å². The maximum Gasteiger partial charge on any atom is 0.238 e. The van der Waals surface area contributed by atoms with Gasteiger partial charge < -0.3 is 4.57 Å². The van der Waals surface area contributed by atoms with Crippen molar-refractivity contribution < 1.29 is 0 Å². The van der Waals surface area contributed by atoms with Gasteiger partial charge in [-0.15, -0.1) is 11.3 Å². The smallest absolute Gasteiger partial charge is 0.238 e. The molecule has 12 aromatic rings. The molecule has 4 heterocycles. The zero-order chi connectivity index (χ0) is 38.6. The minimum Gasteiger partial charge on any atom is -0.309 e. The van der Waals surface area contributed by atoms with E-state index in [1.54, 1.807) is 11.3 Å². The van der Waals surface area contributed by atoms with Crippen molar-refractivity contribution in [3.8, 4) is 39.6 Å². The van der Waals surface area contributed by atoms with E-state index < -0.39 is 0 Å². The average molecular weight is 770 g/mol. The summed E-state index contributed by atoms with van der Waals surface area (Å²) < 4.78 is 4.74. The van der Waals surface area contributed by atoms with E-state index in [0.29, 0.717) is 17.6 Å². The Hall–Kier alpha value is -7.67. The van der Waals surface area contributed by atoms with E-state index >= 15 is 0 Å². The zero-order valence-electron chi connectivity index (χ0n) is 31.5. The zero-order valence-corrected chi connectivity index (χ0v) is 32.4. The van der Waals surface area contributed by atoms with Crippen LogP contribution in [0.15, 0.2) is 188 Å². The van der Waals surface area contributed by atoms with Crippen LogP contribution >= 0.6 is 11.3 Å². The standard InChI is InChI=1S/C53H31N5S/c1-2-17-36(18-3-1)57-44-24-8-6-19-37(44)42-30-35(27-28-45(42)57)51-54-52(41-23-12-22-40-38-20-7-9-26-48(38)59-50(40)41)56-53(55-51)58-46-25-11-16-32-15-10-21-39(49(32)46)43-29-33-13-4-5-14-34(33)31-47(43)58/h1-31H. The molecule has 0 spiro atoms. The minimum atomic E-state index is 0.577. The van der Waals surface area contributed by atoms with Crippen molar-refractivity contribution in [2.24, 2.45) is 0 Å². The number of hydrogen-bond acceptors (Lipinski definition) is 5. The van der Waals surface area contributed by atoms with Crippen molar-refractivity contribution in [1.82, 2.24) is 19.5 Å². The first kappa shape index (κ1) is 32.4. The number of aromatic nitrogens is 4. The molecule has 1 aliphatic rings. The monoisotopic (exact) mass is 769 g/mol. The van der Waals surface area contributed by atoms with Crippen LogP contribution in [0.4, 0.5) is 17.3 Å². The Morgan fingerprint density at radius 3 is 1.98 bits per heavy atom. The maximum atomic E-state index is 5.47. The Morgan fingerprint density at radius 2 is 1.08 bits per heavy atom. The fraction of sp³-hybridized carbons (Fsp3) is 0. The molecule has 0 saturated carbocycles. The summed E-state index contributed by atoms with van der Waals surface area (Å²) in [5.41, 5.74) is 9.77. The molecule has 59 heavy (non-hydrogen) atoms. The van der Waals surface area contributed by atoms with E-state index in [9.17, 15) is 0 Å². The molecule has 5 nitrogen and oxygen atoms in total. The first-order valence-electron chi connectivity index (χ1n) is 19.9. The lowest BCUT2D eigenvalue weighted by Crippen LogP contribution is -2.19. The van der Waals surface area contributed by atoms with E-state index in [4.69, 9.17) is 15.0 Å². The molecule has 0 fully saturated rings. The molecule has 0 bridgehead atoms. The minimum absolute atomic E-state index is 0.577. The van der Waals surface area contributed by atoms with Gasteiger partial charge in [0.1, 0.15) is 0 Å². The topological polar surface area (TPSA) is 46.8 Å². The van der Waals surface area contributed by atoms with Crippen LogP contribution < -0.4 is 4.90 Å². The fourth-order valence-corrected chi connectivity index (χ4v) is 10.5. The van der Waals surface area contributed by atoms with Gasteiger partial charge in [-0.3, -0.25) is 4.90 Å². The predicted octanol–water partition coefficient (Wildman–Crippen LogP) is 14.4. The molecule has 0 saturated heterocycles. The van der Waals surface area contributed by atoms with Gasteiger partial charge >= 0.3 is 0 Å². The van der Waals surface area contributed by atoms with Crippen LogP contribution in [-0.2, 0) is 0 Å². The van der Waals surface area contributed by atoms with Crippen LogP contribution in [0.2, 0.25) is 0 Å². The lowest BCUT2D eigenvalue weighted by atomic mass is 9.90. The van der Waals surface area contributed by atoms with E-state index in [1.807, 2.05) is 0 Å². The number of rotatable bonds is 4. The Balaban J connectivity index is 1.11. The maximum absolute atomic E-state index is 5.47. The molecule has 1 aliphatic heterocycles. The van der Waals surface area contributed by atoms with Crippen LogP contribution in [0, 0.1) is 0 Å². The fourth-order valence-electron chi connectivity index (χ4n) is 9.31. The molecule has 0 unspecified atom stereocenters. The van der Waals surface area contributed by atoms with Gasteiger partial charge in [-0.2, -0.15) is 9.97 Å². The van der Waals surface area contributed by atoms with Gasteiger partial charge in [0.2, 0.25) is 5.95 Å². The second-order valence-electron chi connectivity index (χ2n) is 15.2. The SMILES string of the molecule is c1ccc(-n2c3ccccc3c3cc(-c4nc(-c5cccc6c5sc5ccccc56)nc(N5c6cc7ccccc7cc6-c6cccc7cccc5c67)n4)ccc32)cc1. The van der Waals surface area contributed by atoms with Gasteiger partial charge in [0.15, 0.2) is 11.6 Å². The summed E-state index contributed by atoms with van der Waals surface area (Å²) >= 11 is 1.79. The summed E-state index contributed by atoms with van der Waals surface area (Å²) in [6.45, 7) is 0. The van der Waals surface area contributed by atoms with Crippen molar-refractivity contribution in [3.63, 3.8) is 0 Å². The molecule has 9 aromatic carbocycles. The van der Waals surface area contributed by atoms with Crippen molar-refractivity contribution >= 4 is 92.2 Å². The van der Waals surface area contributed by atoms with Crippen LogP contribution in [0.3, 0.4) is 0 Å². The molecule has 0 amide bonds. The molecule has 0 atom stereocenters. The Kier molecular flexibility index (Phi) is 6.82. The summed E-state index contributed by atoms with van der Waals surface area (Å²) in [4.78, 5) is 18.6. The number of fused-ring (bicyclic) bond motifs is 9. The molecule has 6 heteroatoms. The number of nitrogens with zero attached hydrogens (tertiary/aromatic N) is 5. The normalized spacial score (nSPS) is 12.4. The van der Waals surface area contributed by atoms with E-state index in [2.05, 4.69) is 198 Å². The third-order valence-electron chi connectivity index (χ3n) is 11.9. The van der Waals surface area contributed by atoms with Gasteiger partial charge in [-0.1, -0.05) is 121 Å². The van der Waals surface area contributed by atoms with Crippen molar-refractivity contribution in [1.29, 1.82) is 0 Å². The molecule has 0 radical (unpaired) electrons. The highest BCUT2D eigenvalue weighted by molar-refractivity contribution is 7.26. The summed E-state index contributed by atoms with van der Waals surface area (Å²) in [7, 11) is 0. The number of para-hydroxylation sites is 2. The lowest BCUT2D eigenvalue weighted by Gasteiger charge is -2.32. The van der Waals surface area contributed by atoms with Gasteiger partial charge in [-0.05, 0) is 88.5 Å². The number of thiophene rings is 1. The summed E-state index contributed by atoms with van der Waals surface area (Å²) in [5.74, 6) is 1.84. The molecular formula is C53H31N5S. The highest BCUT2D eigenvalue weighted by Crippen LogP contribution is 2.52. The Bertz CT molecular complexity index is 3690. The van der Waals surface area contributed by atoms with Gasteiger partial charge in [0.05, 0.1) is 22.4 Å². The van der Waals surface area contributed by atoms with Crippen molar-refractivity contribution in [3.05, 3.63) is 188 Å². The molecule has 3 aromatic heterocycles. The van der Waals surface area contributed by atoms with Crippen molar-refractivity contribution in [2.45, 2.75) is 0 Å². The van der Waals surface area contributed by atoms with Gasteiger partial charge in [-0.25, -0.2) is 4.98 Å². The Labute approximate surface area is 342 Å². The summed E-state index contributed by atoms with van der Waals surface area (Å²) in [6.07, 6.45) is 0. The lowest BCUT2D eigenvalue weighted by molar-refractivity contribution is 1.03. The van der Waals surface area contributed by atoms with Crippen molar-refractivity contribution in [2.75, 3.05) is 4.90 Å².